The van der Waals surface area contributed by atoms with Gasteiger partial charge in [-0.1, -0.05) is 18.2 Å². The van der Waals surface area contributed by atoms with Gasteiger partial charge in [-0.05, 0) is 41.8 Å². The number of H-pyrrole nitrogens is 1. The number of hydrogen-bond acceptors (Lipinski definition) is 1. The lowest BCUT2D eigenvalue weighted by Gasteiger charge is -2.08. The number of benzene rings is 2. The lowest BCUT2D eigenvalue weighted by molar-refractivity contribution is -0.137. The minimum atomic E-state index is -4.32. The summed E-state index contributed by atoms with van der Waals surface area (Å²) in [5.41, 5.74) is 2.66. The molecule has 0 radical (unpaired) electrons. The number of carbonyl (C=O) groups excluding carboxylic acids is 1. The molecule has 0 aliphatic heterocycles. The summed E-state index contributed by atoms with van der Waals surface area (Å²) in [4.78, 5) is 14.3. The highest BCUT2D eigenvalue weighted by Gasteiger charge is 2.29. The van der Waals surface area contributed by atoms with Crippen LogP contribution in [0.3, 0.4) is 0 Å². The molecule has 3 nitrogen and oxygen atoms in total. The lowest BCUT2D eigenvalue weighted by Crippen LogP contribution is -2.05. The van der Waals surface area contributed by atoms with Crippen molar-refractivity contribution in [3.8, 4) is 0 Å². The summed E-state index contributed by atoms with van der Waals surface area (Å²) in [6.07, 6.45) is -2.09. The highest BCUT2D eigenvalue weighted by molar-refractivity contribution is 6.01. The first kappa shape index (κ1) is 16.1. The van der Waals surface area contributed by atoms with E-state index in [0.717, 1.165) is 34.2 Å². The fourth-order valence-corrected chi connectivity index (χ4v) is 2.62. The molecule has 1 amide bonds. The first-order valence-electron chi connectivity index (χ1n) is 7.36. The van der Waals surface area contributed by atoms with Crippen LogP contribution >= 0.6 is 0 Å². The van der Waals surface area contributed by atoms with Crippen LogP contribution in [0.15, 0.2) is 48.7 Å². The van der Waals surface area contributed by atoms with Crippen molar-refractivity contribution in [2.45, 2.75) is 19.5 Å². The maximum absolute atomic E-state index is 12.6. The summed E-state index contributed by atoms with van der Waals surface area (Å²) < 4.78 is 37.8. The number of aromatic amines is 1. The van der Waals surface area contributed by atoms with Crippen LogP contribution in [-0.2, 0) is 17.4 Å². The Morgan fingerprint density at radius 1 is 1.08 bits per heavy atom. The Morgan fingerprint density at radius 2 is 1.75 bits per heavy atom. The first-order valence-corrected chi connectivity index (χ1v) is 7.36. The van der Waals surface area contributed by atoms with Crippen LogP contribution in [0, 0.1) is 0 Å². The van der Waals surface area contributed by atoms with E-state index in [1.807, 2.05) is 18.2 Å². The van der Waals surface area contributed by atoms with Gasteiger partial charge in [0, 0.05) is 24.0 Å². The van der Waals surface area contributed by atoms with Gasteiger partial charge in [-0.25, -0.2) is 0 Å². The first-order chi connectivity index (χ1) is 11.3. The Balaban J connectivity index is 1.86. The third kappa shape index (κ3) is 3.42. The van der Waals surface area contributed by atoms with E-state index in [-0.39, 0.29) is 5.91 Å². The van der Waals surface area contributed by atoms with Crippen molar-refractivity contribution >= 4 is 22.5 Å². The summed E-state index contributed by atoms with van der Waals surface area (Å²) in [6.45, 7) is 1.44. The van der Waals surface area contributed by atoms with Gasteiger partial charge in [0.2, 0.25) is 5.91 Å². The Morgan fingerprint density at radius 3 is 2.38 bits per heavy atom. The highest BCUT2D eigenvalue weighted by atomic mass is 19.4. The van der Waals surface area contributed by atoms with Crippen molar-refractivity contribution in [1.82, 2.24) is 4.98 Å². The van der Waals surface area contributed by atoms with E-state index in [1.165, 1.54) is 19.1 Å². The predicted molar refractivity (Wildman–Crippen MR) is 86.9 cm³/mol. The molecule has 0 spiro atoms. The van der Waals surface area contributed by atoms with Gasteiger partial charge in [-0.2, -0.15) is 13.2 Å². The van der Waals surface area contributed by atoms with Gasteiger partial charge in [0.25, 0.3) is 0 Å². The number of fused-ring (bicyclic) bond motifs is 1. The Bertz CT molecular complexity index is 879. The molecule has 124 valence electrons. The van der Waals surface area contributed by atoms with Crippen LogP contribution in [0.1, 0.15) is 23.6 Å². The molecule has 0 bridgehead atoms. The molecule has 1 aromatic heterocycles. The number of hydrogen-bond donors (Lipinski definition) is 2. The Labute approximate surface area is 136 Å². The fraction of sp³-hybridized carbons (Fsp3) is 0.167. The lowest BCUT2D eigenvalue weighted by atomic mass is 10.0. The van der Waals surface area contributed by atoms with Gasteiger partial charge in [-0.15, -0.1) is 0 Å². The quantitative estimate of drug-likeness (QED) is 0.715. The molecule has 0 saturated heterocycles. The van der Waals surface area contributed by atoms with Crippen LogP contribution in [0.5, 0.6) is 0 Å². The van der Waals surface area contributed by atoms with Crippen molar-refractivity contribution in [3.63, 3.8) is 0 Å². The molecule has 24 heavy (non-hydrogen) atoms. The Hall–Kier alpha value is -2.76. The number of anilines is 1. The topological polar surface area (TPSA) is 44.9 Å². The maximum atomic E-state index is 12.6. The largest absolute Gasteiger partial charge is 0.416 e. The molecule has 2 aromatic carbocycles. The number of alkyl halides is 3. The average Bonchev–Trinajstić information content (AvgIpc) is 2.89. The molecule has 3 rings (SSSR count). The number of halogens is 3. The molecule has 0 saturated carbocycles. The van der Waals surface area contributed by atoms with Gasteiger partial charge in [0.05, 0.1) is 11.3 Å². The molecule has 0 aliphatic carbocycles. The summed E-state index contributed by atoms with van der Waals surface area (Å²) in [5, 5.41) is 3.62. The van der Waals surface area contributed by atoms with Crippen LogP contribution in [-0.4, -0.2) is 10.9 Å². The second kappa shape index (κ2) is 6.03. The van der Waals surface area contributed by atoms with Gasteiger partial charge in [0.1, 0.15) is 0 Å². The highest BCUT2D eigenvalue weighted by Crippen LogP contribution is 2.30. The van der Waals surface area contributed by atoms with Crippen LogP contribution in [0.25, 0.3) is 10.9 Å². The molecule has 1 heterocycles. The average molecular weight is 332 g/mol. The minimum Gasteiger partial charge on any atom is -0.359 e. The van der Waals surface area contributed by atoms with Crippen LogP contribution in [0.4, 0.5) is 18.9 Å². The smallest absolute Gasteiger partial charge is 0.359 e. The fourth-order valence-electron chi connectivity index (χ4n) is 2.62. The standard InChI is InChI=1S/C18H15F3N2O/c1-11(24)23-17-10-22-16-7-4-13(9-15(16)17)8-12-2-5-14(6-3-12)18(19,20)21/h2-7,9-10,22H,8H2,1H3,(H,23,24). The van der Waals surface area contributed by atoms with Crippen molar-refractivity contribution in [3.05, 3.63) is 65.4 Å². The number of nitrogens with one attached hydrogen (secondary N) is 2. The Kier molecular flexibility index (Phi) is 4.05. The molecule has 0 aliphatic rings. The predicted octanol–water partition coefficient (Wildman–Crippen LogP) is 4.74. The second-order valence-electron chi connectivity index (χ2n) is 5.63. The summed E-state index contributed by atoms with van der Waals surface area (Å²) in [5.74, 6) is -0.163. The van der Waals surface area contributed by atoms with Gasteiger partial charge in [0.15, 0.2) is 0 Å². The summed E-state index contributed by atoms with van der Waals surface area (Å²) in [6, 6.07) is 10.9. The number of amides is 1. The number of carbonyl (C=O) groups is 1. The van der Waals surface area contributed by atoms with E-state index in [9.17, 15) is 18.0 Å². The third-order valence-electron chi connectivity index (χ3n) is 3.75. The van der Waals surface area contributed by atoms with Crippen LogP contribution in [0.2, 0.25) is 0 Å². The monoisotopic (exact) mass is 332 g/mol. The third-order valence-corrected chi connectivity index (χ3v) is 3.75. The zero-order chi connectivity index (χ0) is 17.3. The molecule has 0 fully saturated rings. The zero-order valence-corrected chi connectivity index (χ0v) is 12.9. The second-order valence-corrected chi connectivity index (χ2v) is 5.63. The van der Waals surface area contributed by atoms with Crippen LogP contribution < -0.4 is 5.32 Å². The molecular formula is C18H15F3N2O. The minimum absolute atomic E-state index is 0.163. The molecular weight excluding hydrogens is 317 g/mol. The van der Waals surface area contributed by atoms with E-state index < -0.39 is 11.7 Å². The molecule has 0 unspecified atom stereocenters. The van der Waals surface area contributed by atoms with Crippen molar-refractivity contribution < 1.29 is 18.0 Å². The maximum Gasteiger partial charge on any atom is 0.416 e. The molecule has 2 N–H and O–H groups in total. The van der Waals surface area contributed by atoms with E-state index in [1.54, 1.807) is 6.20 Å². The molecule has 6 heteroatoms. The molecule has 3 aromatic rings. The van der Waals surface area contributed by atoms with Crippen molar-refractivity contribution in [1.29, 1.82) is 0 Å². The van der Waals surface area contributed by atoms with Crippen molar-refractivity contribution in [2.24, 2.45) is 0 Å². The van der Waals surface area contributed by atoms with E-state index in [2.05, 4.69) is 10.3 Å². The summed E-state index contributed by atoms with van der Waals surface area (Å²) in [7, 11) is 0. The summed E-state index contributed by atoms with van der Waals surface area (Å²) >= 11 is 0. The number of aromatic nitrogens is 1. The van der Waals surface area contributed by atoms with Gasteiger partial charge in [-0.3, -0.25) is 4.79 Å². The van der Waals surface area contributed by atoms with Gasteiger partial charge >= 0.3 is 6.18 Å². The SMILES string of the molecule is CC(=O)Nc1c[nH]c2ccc(Cc3ccc(C(F)(F)F)cc3)cc12. The zero-order valence-electron chi connectivity index (χ0n) is 12.9. The van der Waals surface area contributed by atoms with E-state index in [0.29, 0.717) is 12.1 Å². The normalized spacial score (nSPS) is 11.7. The van der Waals surface area contributed by atoms with Gasteiger partial charge < -0.3 is 10.3 Å². The number of rotatable bonds is 3. The molecule has 0 atom stereocenters. The van der Waals surface area contributed by atoms with E-state index in [4.69, 9.17) is 0 Å². The van der Waals surface area contributed by atoms with Crippen molar-refractivity contribution in [2.75, 3.05) is 5.32 Å². The van der Waals surface area contributed by atoms with E-state index >= 15 is 0 Å².